The van der Waals surface area contributed by atoms with E-state index < -0.39 is 0 Å². The second-order valence-electron chi connectivity index (χ2n) is 5.47. The van der Waals surface area contributed by atoms with Gasteiger partial charge in [0.05, 0.1) is 0 Å². The lowest BCUT2D eigenvalue weighted by Crippen LogP contribution is -2.52. The third-order valence-corrected chi connectivity index (χ3v) is 3.65. The van der Waals surface area contributed by atoms with E-state index in [4.69, 9.17) is 0 Å². The maximum absolute atomic E-state index is 12.6. The molecule has 1 fully saturated rings. The highest BCUT2D eigenvalue weighted by atomic mass is 16.2. The fraction of sp³-hybridized carbons (Fsp3) is 0.600. The maximum Gasteiger partial charge on any atom is 0.254 e. The number of piperazine rings is 1. The first-order chi connectivity index (χ1) is 9.61. The van der Waals surface area contributed by atoms with E-state index in [2.05, 4.69) is 36.1 Å². The summed E-state index contributed by atoms with van der Waals surface area (Å²) < 4.78 is 0. The summed E-state index contributed by atoms with van der Waals surface area (Å²) in [7, 11) is 2.09. The van der Waals surface area contributed by atoms with Crippen molar-refractivity contribution in [2.75, 3.05) is 38.5 Å². The molecule has 110 valence electrons. The number of rotatable bonds is 4. The number of pyridine rings is 1. The van der Waals surface area contributed by atoms with Crippen LogP contribution in [0.25, 0.3) is 0 Å². The van der Waals surface area contributed by atoms with E-state index >= 15 is 0 Å². The number of likely N-dealkylation sites (N-methyl/N-ethyl adjacent to an activating group) is 1. The molecule has 0 aromatic carbocycles. The zero-order valence-electron chi connectivity index (χ0n) is 12.6. The van der Waals surface area contributed by atoms with Gasteiger partial charge in [0, 0.05) is 44.0 Å². The molecular formula is C15H24N4O. The molecule has 1 aliphatic rings. The van der Waals surface area contributed by atoms with E-state index in [9.17, 15) is 4.79 Å². The summed E-state index contributed by atoms with van der Waals surface area (Å²) in [5, 5.41) is 3.22. The number of carbonyl (C=O) groups excluding carboxylic acids is 1. The summed E-state index contributed by atoms with van der Waals surface area (Å²) in [5.41, 5.74) is 0.718. The summed E-state index contributed by atoms with van der Waals surface area (Å²) in [5.74, 6) is 0.882. The molecule has 5 heteroatoms. The molecule has 0 bridgehead atoms. The highest BCUT2D eigenvalue weighted by molar-refractivity contribution is 5.95. The molecule has 0 aliphatic carbocycles. The van der Waals surface area contributed by atoms with E-state index in [1.165, 1.54) is 0 Å². The van der Waals surface area contributed by atoms with Crippen molar-refractivity contribution >= 4 is 11.7 Å². The molecule has 2 heterocycles. The van der Waals surface area contributed by atoms with Crippen LogP contribution in [0.3, 0.4) is 0 Å². The van der Waals surface area contributed by atoms with Gasteiger partial charge in [0.15, 0.2) is 0 Å². The molecule has 1 saturated heterocycles. The van der Waals surface area contributed by atoms with Gasteiger partial charge in [0.2, 0.25) is 0 Å². The van der Waals surface area contributed by atoms with Crippen LogP contribution in [0.4, 0.5) is 5.82 Å². The van der Waals surface area contributed by atoms with Crippen LogP contribution in [-0.2, 0) is 0 Å². The largest absolute Gasteiger partial charge is 0.370 e. The Bertz CT molecular complexity index is 463. The van der Waals surface area contributed by atoms with Gasteiger partial charge in [-0.15, -0.1) is 0 Å². The lowest BCUT2D eigenvalue weighted by atomic mass is 10.1. The van der Waals surface area contributed by atoms with Gasteiger partial charge in [-0.2, -0.15) is 0 Å². The predicted octanol–water partition coefficient (Wildman–Crippen LogP) is 1.68. The van der Waals surface area contributed by atoms with Crippen LogP contribution in [0.1, 0.15) is 30.6 Å². The molecule has 1 amide bonds. The molecular weight excluding hydrogens is 252 g/mol. The first-order valence-electron chi connectivity index (χ1n) is 7.31. The Morgan fingerprint density at radius 1 is 1.50 bits per heavy atom. The Morgan fingerprint density at radius 3 is 3.00 bits per heavy atom. The number of nitrogens with zero attached hydrogens (tertiary/aromatic N) is 3. The van der Waals surface area contributed by atoms with Crippen molar-refractivity contribution in [3.63, 3.8) is 0 Å². The monoisotopic (exact) mass is 276 g/mol. The topological polar surface area (TPSA) is 48.5 Å². The minimum absolute atomic E-state index is 0.104. The number of hydrogen-bond donors (Lipinski definition) is 1. The average Bonchev–Trinajstić information content (AvgIpc) is 2.45. The van der Waals surface area contributed by atoms with Gasteiger partial charge >= 0.3 is 0 Å². The summed E-state index contributed by atoms with van der Waals surface area (Å²) >= 11 is 0. The van der Waals surface area contributed by atoms with Gasteiger partial charge in [-0.05, 0) is 32.5 Å². The van der Waals surface area contributed by atoms with E-state index in [-0.39, 0.29) is 11.9 Å². The van der Waals surface area contributed by atoms with Gasteiger partial charge in [-0.3, -0.25) is 4.79 Å². The van der Waals surface area contributed by atoms with Crippen molar-refractivity contribution in [2.45, 2.75) is 26.3 Å². The van der Waals surface area contributed by atoms with E-state index in [1.807, 2.05) is 11.0 Å². The number of carbonyl (C=O) groups is 1. The quantitative estimate of drug-likeness (QED) is 0.909. The van der Waals surface area contributed by atoms with E-state index in [0.717, 1.165) is 44.0 Å². The number of anilines is 1. The molecule has 0 radical (unpaired) electrons. The molecule has 5 nitrogen and oxygen atoms in total. The zero-order valence-corrected chi connectivity index (χ0v) is 12.6. The number of nitrogens with one attached hydrogen (secondary N) is 1. The smallest absolute Gasteiger partial charge is 0.254 e. The van der Waals surface area contributed by atoms with E-state index in [0.29, 0.717) is 0 Å². The molecule has 0 saturated carbocycles. The summed E-state index contributed by atoms with van der Waals surface area (Å²) in [6.45, 7) is 7.73. The lowest BCUT2D eigenvalue weighted by Gasteiger charge is -2.38. The molecule has 1 N–H and O–H groups in total. The van der Waals surface area contributed by atoms with Crippen LogP contribution in [0, 0.1) is 0 Å². The van der Waals surface area contributed by atoms with Crippen LogP contribution >= 0.6 is 0 Å². The molecule has 2 rings (SSSR count). The second kappa shape index (κ2) is 6.70. The molecule has 1 aliphatic heterocycles. The Hall–Kier alpha value is -1.62. The van der Waals surface area contributed by atoms with Gasteiger partial charge in [0.25, 0.3) is 5.91 Å². The number of amides is 1. The van der Waals surface area contributed by atoms with Gasteiger partial charge in [-0.1, -0.05) is 6.92 Å². The van der Waals surface area contributed by atoms with Crippen LogP contribution < -0.4 is 5.32 Å². The molecule has 20 heavy (non-hydrogen) atoms. The van der Waals surface area contributed by atoms with Crippen LogP contribution in [0.2, 0.25) is 0 Å². The van der Waals surface area contributed by atoms with Gasteiger partial charge < -0.3 is 15.1 Å². The highest BCUT2D eigenvalue weighted by Gasteiger charge is 2.26. The fourth-order valence-electron chi connectivity index (χ4n) is 2.52. The SMILES string of the molecule is CCCNc1cc(C(=O)N2CCN(C)CC2C)ccn1. The standard InChI is InChI=1S/C15H24N4O/c1-4-6-16-14-10-13(5-7-17-14)15(20)19-9-8-18(3)11-12(19)2/h5,7,10,12H,4,6,8-9,11H2,1-3H3,(H,16,17). The Kier molecular flexibility index (Phi) is 4.95. The van der Waals surface area contributed by atoms with Crippen molar-refractivity contribution in [3.8, 4) is 0 Å². The summed E-state index contributed by atoms with van der Waals surface area (Å²) in [4.78, 5) is 21.1. The molecule has 1 aromatic heterocycles. The Labute approximate surface area is 121 Å². The Morgan fingerprint density at radius 2 is 2.30 bits per heavy atom. The Balaban J connectivity index is 2.08. The lowest BCUT2D eigenvalue weighted by molar-refractivity contribution is 0.0533. The minimum Gasteiger partial charge on any atom is -0.370 e. The summed E-state index contributed by atoms with van der Waals surface area (Å²) in [6, 6.07) is 3.90. The first-order valence-corrected chi connectivity index (χ1v) is 7.31. The minimum atomic E-state index is 0.104. The van der Waals surface area contributed by atoms with Crippen molar-refractivity contribution in [3.05, 3.63) is 23.9 Å². The molecule has 1 unspecified atom stereocenters. The average molecular weight is 276 g/mol. The molecule has 1 aromatic rings. The molecule has 1 atom stereocenters. The van der Waals surface area contributed by atoms with Crippen molar-refractivity contribution in [1.29, 1.82) is 0 Å². The second-order valence-corrected chi connectivity index (χ2v) is 5.47. The van der Waals surface area contributed by atoms with Crippen molar-refractivity contribution < 1.29 is 4.79 Å². The third-order valence-electron chi connectivity index (χ3n) is 3.65. The summed E-state index contributed by atoms with van der Waals surface area (Å²) in [6.07, 6.45) is 2.74. The first kappa shape index (κ1) is 14.8. The number of hydrogen-bond acceptors (Lipinski definition) is 4. The molecule has 0 spiro atoms. The van der Waals surface area contributed by atoms with Crippen LogP contribution in [-0.4, -0.2) is 60.0 Å². The third kappa shape index (κ3) is 3.48. The predicted molar refractivity (Wildman–Crippen MR) is 81.0 cm³/mol. The van der Waals surface area contributed by atoms with E-state index in [1.54, 1.807) is 12.3 Å². The zero-order chi connectivity index (χ0) is 14.5. The van der Waals surface area contributed by atoms with Crippen molar-refractivity contribution in [1.82, 2.24) is 14.8 Å². The highest BCUT2D eigenvalue weighted by Crippen LogP contribution is 2.15. The number of aromatic nitrogens is 1. The van der Waals surface area contributed by atoms with Crippen LogP contribution in [0.5, 0.6) is 0 Å². The normalized spacial score (nSPS) is 19.9. The van der Waals surface area contributed by atoms with Gasteiger partial charge in [-0.25, -0.2) is 4.98 Å². The fourth-order valence-corrected chi connectivity index (χ4v) is 2.52. The van der Waals surface area contributed by atoms with Crippen LogP contribution in [0.15, 0.2) is 18.3 Å². The van der Waals surface area contributed by atoms with Gasteiger partial charge in [0.1, 0.15) is 5.82 Å². The van der Waals surface area contributed by atoms with Crippen molar-refractivity contribution in [2.24, 2.45) is 0 Å². The maximum atomic E-state index is 12.6.